The minimum atomic E-state index is -0.136. The van der Waals surface area contributed by atoms with Gasteiger partial charge in [-0.3, -0.25) is 4.79 Å². The summed E-state index contributed by atoms with van der Waals surface area (Å²) in [7, 11) is 2.10. The number of nitrogens with zero attached hydrogens (tertiary/aromatic N) is 1. The average Bonchev–Trinajstić information content (AvgIpc) is 2.43. The van der Waals surface area contributed by atoms with Gasteiger partial charge in [0.25, 0.3) is 0 Å². The molecule has 1 aromatic rings. The Bertz CT molecular complexity index is 458. The summed E-state index contributed by atoms with van der Waals surface area (Å²) in [6, 6.07) is 7.94. The Kier molecular flexibility index (Phi) is 5.76. The van der Waals surface area contributed by atoms with E-state index in [9.17, 15) is 9.90 Å². The van der Waals surface area contributed by atoms with Gasteiger partial charge in [0, 0.05) is 25.7 Å². The second-order valence-corrected chi connectivity index (χ2v) is 6.19. The number of carbonyl (C=O) groups is 1. The lowest BCUT2D eigenvalue weighted by molar-refractivity contribution is -0.114. The Balaban J connectivity index is 1.84. The number of amides is 1. The molecule has 1 aliphatic rings. The van der Waals surface area contributed by atoms with Crippen molar-refractivity contribution < 1.29 is 9.90 Å². The van der Waals surface area contributed by atoms with Crippen LogP contribution in [0.15, 0.2) is 24.3 Å². The molecule has 1 saturated carbocycles. The van der Waals surface area contributed by atoms with Crippen LogP contribution in [0, 0.1) is 5.92 Å². The summed E-state index contributed by atoms with van der Waals surface area (Å²) in [6.07, 6.45) is 4.34. The lowest BCUT2D eigenvalue weighted by Gasteiger charge is -2.31. The van der Waals surface area contributed by atoms with Crippen LogP contribution in [0.3, 0.4) is 0 Å². The number of nitrogens with one attached hydrogen (secondary N) is 1. The van der Waals surface area contributed by atoms with Crippen LogP contribution >= 0.6 is 0 Å². The van der Waals surface area contributed by atoms with E-state index in [-0.39, 0.29) is 12.0 Å². The first-order valence-electron chi connectivity index (χ1n) is 7.77. The van der Waals surface area contributed by atoms with Crippen molar-refractivity contribution >= 4 is 11.6 Å². The number of hydrogen-bond acceptors (Lipinski definition) is 3. The van der Waals surface area contributed by atoms with E-state index in [0.717, 1.165) is 38.0 Å². The minimum absolute atomic E-state index is 0.0499. The molecule has 0 saturated heterocycles. The molecule has 2 rings (SSSR count). The number of carbonyl (C=O) groups excluding carboxylic acids is 1. The van der Waals surface area contributed by atoms with Crippen LogP contribution < -0.4 is 5.32 Å². The Morgan fingerprint density at radius 2 is 1.95 bits per heavy atom. The first kappa shape index (κ1) is 16.0. The molecule has 2 unspecified atom stereocenters. The molecule has 0 aliphatic heterocycles. The van der Waals surface area contributed by atoms with Crippen LogP contribution in [0.1, 0.15) is 38.2 Å². The lowest BCUT2D eigenvalue weighted by atomic mass is 9.86. The largest absolute Gasteiger partial charge is 0.393 e. The number of rotatable bonds is 5. The van der Waals surface area contributed by atoms with Crippen molar-refractivity contribution in [3.8, 4) is 0 Å². The summed E-state index contributed by atoms with van der Waals surface area (Å²) in [6.45, 7) is 3.31. The van der Waals surface area contributed by atoms with Crippen molar-refractivity contribution in [2.24, 2.45) is 5.92 Å². The number of aliphatic hydroxyl groups is 1. The van der Waals surface area contributed by atoms with Gasteiger partial charge in [-0.2, -0.15) is 0 Å². The molecule has 21 heavy (non-hydrogen) atoms. The van der Waals surface area contributed by atoms with E-state index in [0.29, 0.717) is 5.92 Å². The van der Waals surface area contributed by atoms with E-state index < -0.39 is 0 Å². The summed E-state index contributed by atoms with van der Waals surface area (Å²) in [5, 5.41) is 12.8. The molecular weight excluding hydrogens is 264 g/mol. The predicted octanol–water partition coefficient (Wildman–Crippen LogP) is 2.63. The van der Waals surface area contributed by atoms with Gasteiger partial charge < -0.3 is 15.3 Å². The summed E-state index contributed by atoms with van der Waals surface area (Å²) in [5.74, 6) is 0.355. The smallest absolute Gasteiger partial charge is 0.221 e. The maximum Gasteiger partial charge on any atom is 0.221 e. The highest BCUT2D eigenvalue weighted by Crippen LogP contribution is 2.25. The number of hydrogen-bond donors (Lipinski definition) is 2. The molecule has 1 aromatic carbocycles. The molecule has 1 aliphatic carbocycles. The van der Waals surface area contributed by atoms with Crippen molar-refractivity contribution in [3.63, 3.8) is 0 Å². The molecule has 0 aromatic heterocycles. The van der Waals surface area contributed by atoms with Gasteiger partial charge in [-0.1, -0.05) is 25.0 Å². The molecule has 116 valence electrons. The third-order valence-electron chi connectivity index (χ3n) is 4.14. The summed E-state index contributed by atoms with van der Waals surface area (Å²) in [5.41, 5.74) is 2.05. The van der Waals surface area contributed by atoms with Crippen LogP contribution in [-0.4, -0.2) is 35.6 Å². The van der Waals surface area contributed by atoms with Crippen LogP contribution in [-0.2, 0) is 11.3 Å². The Labute approximate surface area is 127 Å². The van der Waals surface area contributed by atoms with Crippen molar-refractivity contribution in [1.29, 1.82) is 0 Å². The molecule has 1 fully saturated rings. The van der Waals surface area contributed by atoms with Gasteiger partial charge in [-0.15, -0.1) is 0 Å². The van der Waals surface area contributed by atoms with Crippen LogP contribution in [0.5, 0.6) is 0 Å². The Morgan fingerprint density at radius 3 is 2.57 bits per heavy atom. The van der Waals surface area contributed by atoms with Crippen molar-refractivity contribution in [3.05, 3.63) is 29.8 Å². The maximum atomic E-state index is 11.0. The van der Waals surface area contributed by atoms with Crippen molar-refractivity contribution in [2.45, 2.75) is 45.3 Å². The Hall–Kier alpha value is -1.39. The fourth-order valence-corrected chi connectivity index (χ4v) is 3.07. The molecule has 0 heterocycles. The van der Waals surface area contributed by atoms with Gasteiger partial charge in [0.15, 0.2) is 0 Å². The number of aliphatic hydroxyl groups excluding tert-OH is 1. The van der Waals surface area contributed by atoms with E-state index in [1.165, 1.54) is 18.9 Å². The highest BCUT2D eigenvalue weighted by molar-refractivity contribution is 5.88. The van der Waals surface area contributed by atoms with Gasteiger partial charge in [-0.05, 0) is 43.5 Å². The van der Waals surface area contributed by atoms with Crippen molar-refractivity contribution in [1.82, 2.24) is 4.90 Å². The second kappa shape index (κ2) is 7.57. The highest BCUT2D eigenvalue weighted by Gasteiger charge is 2.23. The number of benzene rings is 1. The van der Waals surface area contributed by atoms with Gasteiger partial charge in [0.05, 0.1) is 6.10 Å². The molecule has 2 N–H and O–H groups in total. The first-order chi connectivity index (χ1) is 10.0. The number of anilines is 1. The molecule has 4 nitrogen and oxygen atoms in total. The average molecular weight is 290 g/mol. The van der Waals surface area contributed by atoms with Gasteiger partial charge in [0.2, 0.25) is 5.91 Å². The molecule has 0 spiro atoms. The quantitative estimate of drug-likeness (QED) is 0.876. The monoisotopic (exact) mass is 290 g/mol. The van der Waals surface area contributed by atoms with Crippen LogP contribution in [0.25, 0.3) is 0 Å². The van der Waals surface area contributed by atoms with Gasteiger partial charge in [0.1, 0.15) is 0 Å². The van der Waals surface area contributed by atoms with E-state index in [1.807, 2.05) is 24.3 Å². The van der Waals surface area contributed by atoms with E-state index in [2.05, 4.69) is 17.3 Å². The van der Waals surface area contributed by atoms with Crippen LogP contribution in [0.4, 0.5) is 5.69 Å². The summed E-state index contributed by atoms with van der Waals surface area (Å²) >= 11 is 0. The standard InChI is InChI=1S/C17H26N2O2/c1-13(20)18-16-9-7-14(8-10-16)11-19(2)12-15-5-3-4-6-17(15)21/h7-10,15,17,21H,3-6,11-12H2,1-2H3,(H,18,20). The molecule has 2 atom stereocenters. The molecule has 0 bridgehead atoms. The fourth-order valence-electron chi connectivity index (χ4n) is 3.07. The van der Waals surface area contributed by atoms with Crippen LogP contribution in [0.2, 0.25) is 0 Å². The van der Waals surface area contributed by atoms with Gasteiger partial charge >= 0.3 is 0 Å². The van der Waals surface area contributed by atoms with E-state index in [1.54, 1.807) is 0 Å². The van der Waals surface area contributed by atoms with Gasteiger partial charge in [-0.25, -0.2) is 0 Å². The Morgan fingerprint density at radius 1 is 1.29 bits per heavy atom. The second-order valence-electron chi connectivity index (χ2n) is 6.19. The first-order valence-corrected chi connectivity index (χ1v) is 7.77. The third-order valence-corrected chi connectivity index (χ3v) is 4.14. The summed E-state index contributed by atoms with van der Waals surface area (Å²) in [4.78, 5) is 13.3. The summed E-state index contributed by atoms with van der Waals surface area (Å²) < 4.78 is 0. The molecular formula is C17H26N2O2. The third kappa shape index (κ3) is 5.14. The zero-order valence-electron chi connectivity index (χ0n) is 13.0. The zero-order valence-corrected chi connectivity index (χ0v) is 13.0. The molecule has 1 amide bonds. The molecule has 4 heteroatoms. The molecule has 0 radical (unpaired) electrons. The normalized spacial score (nSPS) is 22.3. The lowest BCUT2D eigenvalue weighted by Crippen LogP contribution is -2.34. The van der Waals surface area contributed by atoms with Crippen molar-refractivity contribution in [2.75, 3.05) is 18.9 Å². The zero-order chi connectivity index (χ0) is 15.2. The van der Waals surface area contributed by atoms with E-state index in [4.69, 9.17) is 0 Å². The topological polar surface area (TPSA) is 52.6 Å². The predicted molar refractivity (Wildman–Crippen MR) is 85.0 cm³/mol. The SMILES string of the molecule is CC(=O)Nc1ccc(CN(C)CC2CCCCC2O)cc1. The highest BCUT2D eigenvalue weighted by atomic mass is 16.3. The fraction of sp³-hybridized carbons (Fsp3) is 0.588. The van der Waals surface area contributed by atoms with E-state index >= 15 is 0 Å². The minimum Gasteiger partial charge on any atom is -0.393 e. The maximum absolute atomic E-state index is 11.0.